The molecule has 0 aromatic heterocycles. The van der Waals surface area contributed by atoms with Crippen molar-refractivity contribution >= 4 is 5.78 Å². The Morgan fingerprint density at radius 3 is 1.96 bits per heavy atom. The summed E-state index contributed by atoms with van der Waals surface area (Å²) in [6.07, 6.45) is 8.51. The minimum absolute atomic E-state index is 0.0897. The van der Waals surface area contributed by atoms with Crippen LogP contribution in [-0.2, 0) is 11.2 Å². The molecular weight excluding hydrogens is 311 g/mol. The van der Waals surface area contributed by atoms with Gasteiger partial charge in [-0.3, -0.25) is 4.79 Å². The van der Waals surface area contributed by atoms with Gasteiger partial charge in [-0.05, 0) is 37.3 Å². The van der Waals surface area contributed by atoms with Crippen LogP contribution >= 0.6 is 0 Å². The Morgan fingerprint density at radius 2 is 1.56 bits per heavy atom. The van der Waals surface area contributed by atoms with Crippen LogP contribution in [0.1, 0.15) is 97.6 Å². The van der Waals surface area contributed by atoms with E-state index in [9.17, 15) is 9.18 Å². The number of carbonyl (C=O) groups is 1. The molecule has 1 nitrogen and oxygen atoms in total. The third-order valence-corrected chi connectivity index (χ3v) is 4.20. The van der Waals surface area contributed by atoms with Gasteiger partial charge in [-0.1, -0.05) is 84.9 Å². The van der Waals surface area contributed by atoms with Crippen LogP contribution in [0, 0.1) is 18.7 Å². The van der Waals surface area contributed by atoms with E-state index in [2.05, 4.69) is 13.8 Å². The molecule has 0 bridgehead atoms. The van der Waals surface area contributed by atoms with Crippen molar-refractivity contribution in [2.24, 2.45) is 5.92 Å². The second-order valence-electron chi connectivity index (χ2n) is 6.32. The zero-order chi connectivity index (χ0) is 19.7. The number of halogens is 1. The van der Waals surface area contributed by atoms with Crippen molar-refractivity contribution in [3.8, 4) is 0 Å². The number of aryl methyl sites for hydroxylation is 2. The topological polar surface area (TPSA) is 17.1 Å². The lowest BCUT2D eigenvalue weighted by molar-refractivity contribution is -0.119. The first kappa shape index (κ1) is 26.1. The van der Waals surface area contributed by atoms with Crippen molar-refractivity contribution in [1.29, 1.82) is 0 Å². The Balaban J connectivity index is 0. The first-order valence-electron chi connectivity index (χ1n) is 10.2. The van der Waals surface area contributed by atoms with E-state index >= 15 is 0 Å². The summed E-state index contributed by atoms with van der Waals surface area (Å²) in [6, 6.07) is 5.19. The molecule has 0 N–H and O–H groups in total. The van der Waals surface area contributed by atoms with Gasteiger partial charge in [0.2, 0.25) is 0 Å². The molecule has 0 saturated carbocycles. The average Bonchev–Trinajstić information content (AvgIpc) is 2.64. The summed E-state index contributed by atoms with van der Waals surface area (Å²) in [6.45, 7) is 14.3. The third-order valence-electron chi connectivity index (χ3n) is 4.20. The van der Waals surface area contributed by atoms with Crippen molar-refractivity contribution in [3.63, 3.8) is 0 Å². The first-order valence-corrected chi connectivity index (χ1v) is 10.2. The fourth-order valence-electron chi connectivity index (χ4n) is 2.77. The van der Waals surface area contributed by atoms with Crippen LogP contribution in [0.2, 0.25) is 0 Å². The fraction of sp³-hybridized carbons (Fsp3) is 0.696. The highest BCUT2D eigenvalue weighted by molar-refractivity contribution is 5.77. The molecular formula is C23H41FO. The number of Topliss-reactive ketones (excluding diaryl/α,β-unsaturated/α-hetero) is 1. The van der Waals surface area contributed by atoms with Crippen LogP contribution in [-0.4, -0.2) is 5.78 Å². The molecule has 0 heterocycles. The molecule has 1 rings (SSSR count). The number of rotatable bonds is 9. The summed E-state index contributed by atoms with van der Waals surface area (Å²) >= 11 is 0. The molecule has 0 aliphatic heterocycles. The van der Waals surface area contributed by atoms with Crippen molar-refractivity contribution < 1.29 is 9.18 Å². The van der Waals surface area contributed by atoms with Gasteiger partial charge in [0.15, 0.2) is 0 Å². The van der Waals surface area contributed by atoms with Crippen LogP contribution in [0.5, 0.6) is 0 Å². The van der Waals surface area contributed by atoms with Gasteiger partial charge in [-0.25, -0.2) is 4.39 Å². The van der Waals surface area contributed by atoms with Crippen LogP contribution in [0.4, 0.5) is 4.39 Å². The largest absolute Gasteiger partial charge is 0.300 e. The van der Waals surface area contributed by atoms with Gasteiger partial charge < -0.3 is 0 Å². The standard InChI is InChI=1S/C12H24O.C9H11F.C2H6/c1-4-7-11(8-5-2)9-10-12(13)6-3;1-3-8-6-7(2)4-5-9(8)10;1-2/h11H,4-10H2,1-3H3;4-6H,3H2,1-2H3;1-2H3. The molecule has 146 valence electrons. The van der Waals surface area contributed by atoms with E-state index in [1.165, 1.54) is 31.7 Å². The van der Waals surface area contributed by atoms with Gasteiger partial charge in [0.1, 0.15) is 11.6 Å². The van der Waals surface area contributed by atoms with E-state index < -0.39 is 0 Å². The Bertz CT molecular complexity index is 434. The predicted octanol–water partition coefficient (Wildman–Crippen LogP) is 7.68. The predicted molar refractivity (Wildman–Crippen MR) is 110 cm³/mol. The van der Waals surface area contributed by atoms with E-state index in [1.54, 1.807) is 6.07 Å². The second kappa shape index (κ2) is 17.6. The van der Waals surface area contributed by atoms with E-state index in [0.717, 1.165) is 36.3 Å². The van der Waals surface area contributed by atoms with Gasteiger partial charge >= 0.3 is 0 Å². The first-order chi connectivity index (χ1) is 12.0. The molecule has 0 aliphatic rings. The molecule has 0 fully saturated rings. The maximum absolute atomic E-state index is 12.8. The maximum Gasteiger partial charge on any atom is 0.132 e. The highest BCUT2D eigenvalue weighted by atomic mass is 19.1. The molecule has 0 atom stereocenters. The Hall–Kier alpha value is -1.18. The van der Waals surface area contributed by atoms with Crippen molar-refractivity contribution in [1.82, 2.24) is 0 Å². The zero-order valence-electron chi connectivity index (χ0n) is 17.8. The van der Waals surface area contributed by atoms with E-state index in [4.69, 9.17) is 0 Å². The summed E-state index contributed by atoms with van der Waals surface area (Å²) in [5.74, 6) is 1.14. The van der Waals surface area contributed by atoms with E-state index in [-0.39, 0.29) is 5.82 Å². The van der Waals surface area contributed by atoms with E-state index in [0.29, 0.717) is 12.2 Å². The maximum atomic E-state index is 12.8. The number of hydrogen-bond acceptors (Lipinski definition) is 1. The van der Waals surface area contributed by atoms with Crippen LogP contribution < -0.4 is 0 Å². The summed E-state index contributed by atoms with van der Waals surface area (Å²) in [4.78, 5) is 11.1. The molecule has 1 aromatic carbocycles. The summed E-state index contributed by atoms with van der Waals surface area (Å²) in [7, 11) is 0. The van der Waals surface area contributed by atoms with Gasteiger partial charge in [0.05, 0.1) is 0 Å². The summed E-state index contributed by atoms with van der Waals surface area (Å²) in [5.41, 5.74) is 1.93. The van der Waals surface area contributed by atoms with Crippen molar-refractivity contribution in [2.45, 2.75) is 99.8 Å². The van der Waals surface area contributed by atoms with Gasteiger partial charge in [0, 0.05) is 12.8 Å². The molecule has 0 saturated heterocycles. The van der Waals surface area contributed by atoms with Crippen molar-refractivity contribution in [3.05, 3.63) is 35.1 Å². The molecule has 0 aliphatic carbocycles. The molecule has 0 radical (unpaired) electrons. The number of ketones is 1. The normalized spacial score (nSPS) is 9.80. The summed E-state index contributed by atoms with van der Waals surface area (Å²) < 4.78 is 12.8. The number of carbonyl (C=O) groups excluding carboxylic acids is 1. The van der Waals surface area contributed by atoms with Crippen LogP contribution in [0.3, 0.4) is 0 Å². The molecule has 0 amide bonds. The average molecular weight is 353 g/mol. The van der Waals surface area contributed by atoms with E-state index in [1.807, 2.05) is 40.7 Å². The quantitative estimate of drug-likeness (QED) is 0.445. The highest BCUT2D eigenvalue weighted by Crippen LogP contribution is 2.19. The monoisotopic (exact) mass is 352 g/mol. The Kier molecular flexibility index (Phi) is 18.4. The minimum Gasteiger partial charge on any atom is -0.300 e. The smallest absolute Gasteiger partial charge is 0.132 e. The van der Waals surface area contributed by atoms with Gasteiger partial charge in [-0.15, -0.1) is 0 Å². The van der Waals surface area contributed by atoms with Gasteiger partial charge in [0.25, 0.3) is 0 Å². The SMILES string of the molecule is CC.CCCC(CCC)CCC(=O)CC.CCc1cc(C)ccc1F. The molecule has 0 unspecified atom stereocenters. The Morgan fingerprint density at radius 1 is 1.00 bits per heavy atom. The molecule has 0 spiro atoms. The zero-order valence-corrected chi connectivity index (χ0v) is 17.8. The molecule has 25 heavy (non-hydrogen) atoms. The minimum atomic E-state index is -0.0897. The highest BCUT2D eigenvalue weighted by Gasteiger charge is 2.08. The lowest BCUT2D eigenvalue weighted by atomic mass is 9.92. The summed E-state index contributed by atoms with van der Waals surface area (Å²) in [5, 5.41) is 0. The number of hydrogen-bond donors (Lipinski definition) is 0. The fourth-order valence-corrected chi connectivity index (χ4v) is 2.77. The molecule has 2 heteroatoms. The van der Waals surface area contributed by atoms with Crippen LogP contribution in [0.25, 0.3) is 0 Å². The van der Waals surface area contributed by atoms with Gasteiger partial charge in [-0.2, -0.15) is 0 Å². The number of benzene rings is 1. The molecule has 1 aromatic rings. The van der Waals surface area contributed by atoms with Crippen LogP contribution in [0.15, 0.2) is 18.2 Å². The van der Waals surface area contributed by atoms with Crippen molar-refractivity contribution in [2.75, 3.05) is 0 Å². The second-order valence-corrected chi connectivity index (χ2v) is 6.32. The Labute approximate surface area is 156 Å². The third kappa shape index (κ3) is 13.8. The lowest BCUT2D eigenvalue weighted by Crippen LogP contribution is -2.04. The lowest BCUT2D eigenvalue weighted by Gasteiger charge is -2.13.